The molecule has 0 aliphatic rings. The van der Waals surface area contributed by atoms with Gasteiger partial charge in [-0.2, -0.15) is 5.10 Å². The molecule has 1 unspecified atom stereocenters. The summed E-state index contributed by atoms with van der Waals surface area (Å²) in [6.45, 7) is 2.25. The van der Waals surface area contributed by atoms with Gasteiger partial charge in [-0.25, -0.2) is 13.1 Å². The van der Waals surface area contributed by atoms with Gasteiger partial charge in [0.2, 0.25) is 0 Å². The van der Waals surface area contributed by atoms with E-state index in [-0.39, 0.29) is 17.6 Å². The van der Waals surface area contributed by atoms with Crippen LogP contribution in [-0.2, 0) is 10.0 Å². The van der Waals surface area contributed by atoms with Crippen LogP contribution in [0.1, 0.15) is 19.8 Å². The van der Waals surface area contributed by atoms with E-state index in [9.17, 15) is 8.42 Å². The quantitative estimate of drug-likeness (QED) is 0.633. The Morgan fingerprint density at radius 3 is 2.93 bits per heavy atom. The van der Waals surface area contributed by atoms with Crippen molar-refractivity contribution in [2.75, 3.05) is 6.54 Å². The number of nitrogens with zero attached hydrogens (tertiary/aromatic N) is 1. The van der Waals surface area contributed by atoms with E-state index in [0.717, 1.165) is 12.8 Å². The molecule has 0 fully saturated rings. The lowest BCUT2D eigenvalue weighted by Gasteiger charge is -2.10. The predicted molar refractivity (Wildman–Crippen MR) is 56.7 cm³/mol. The summed E-state index contributed by atoms with van der Waals surface area (Å²) in [5.41, 5.74) is 5.69. The van der Waals surface area contributed by atoms with E-state index in [4.69, 9.17) is 5.73 Å². The lowest BCUT2D eigenvalue weighted by molar-refractivity contribution is 0.550. The highest BCUT2D eigenvalue weighted by atomic mass is 32.2. The molecule has 0 aliphatic heterocycles. The van der Waals surface area contributed by atoms with Crippen LogP contribution in [0.5, 0.6) is 0 Å². The first kappa shape index (κ1) is 12.2. The highest BCUT2D eigenvalue weighted by molar-refractivity contribution is 7.89. The minimum absolute atomic E-state index is 0.0613. The van der Waals surface area contributed by atoms with Crippen molar-refractivity contribution < 1.29 is 8.42 Å². The van der Waals surface area contributed by atoms with Crippen molar-refractivity contribution in [1.82, 2.24) is 14.9 Å². The summed E-state index contributed by atoms with van der Waals surface area (Å²) in [7, 11) is -3.48. The first-order valence-corrected chi connectivity index (χ1v) is 6.29. The maximum absolute atomic E-state index is 11.6. The number of rotatable bonds is 6. The van der Waals surface area contributed by atoms with Crippen LogP contribution in [0.2, 0.25) is 0 Å². The van der Waals surface area contributed by atoms with Gasteiger partial charge < -0.3 is 5.73 Å². The van der Waals surface area contributed by atoms with Crippen molar-refractivity contribution in [3.05, 3.63) is 12.3 Å². The number of H-pyrrole nitrogens is 1. The Morgan fingerprint density at radius 2 is 2.40 bits per heavy atom. The zero-order valence-corrected chi connectivity index (χ0v) is 9.42. The van der Waals surface area contributed by atoms with Gasteiger partial charge in [-0.05, 0) is 12.5 Å². The summed E-state index contributed by atoms with van der Waals surface area (Å²) in [6, 6.07) is 1.25. The molecule has 0 aromatic carbocycles. The minimum atomic E-state index is -3.48. The maximum Gasteiger partial charge on any atom is 0.257 e. The highest BCUT2D eigenvalue weighted by Crippen LogP contribution is 2.02. The smallest absolute Gasteiger partial charge is 0.257 e. The van der Waals surface area contributed by atoms with Gasteiger partial charge in [-0.3, -0.25) is 5.10 Å². The van der Waals surface area contributed by atoms with Crippen LogP contribution in [0, 0.1) is 0 Å². The van der Waals surface area contributed by atoms with Gasteiger partial charge in [-0.15, -0.1) is 0 Å². The van der Waals surface area contributed by atoms with Gasteiger partial charge >= 0.3 is 0 Å². The average molecular weight is 232 g/mol. The third kappa shape index (κ3) is 3.61. The maximum atomic E-state index is 11.6. The summed E-state index contributed by atoms with van der Waals surface area (Å²) in [5.74, 6) is 0. The van der Waals surface area contributed by atoms with E-state index in [2.05, 4.69) is 14.9 Å². The second-order valence-electron chi connectivity index (χ2n) is 3.32. The van der Waals surface area contributed by atoms with Crippen molar-refractivity contribution in [3.8, 4) is 0 Å². The third-order valence-electron chi connectivity index (χ3n) is 1.96. The van der Waals surface area contributed by atoms with Crippen LogP contribution in [0.15, 0.2) is 17.3 Å². The zero-order chi connectivity index (χ0) is 11.3. The molecule has 0 spiro atoms. The molecule has 0 radical (unpaired) electrons. The number of sulfonamides is 1. The Hall–Kier alpha value is -0.920. The van der Waals surface area contributed by atoms with E-state index in [0.29, 0.717) is 0 Å². The number of hydrogen-bond acceptors (Lipinski definition) is 4. The first-order chi connectivity index (χ1) is 7.06. The first-order valence-electron chi connectivity index (χ1n) is 4.81. The Balaban J connectivity index is 2.52. The van der Waals surface area contributed by atoms with E-state index in [1.54, 1.807) is 0 Å². The number of aromatic amines is 1. The van der Waals surface area contributed by atoms with Gasteiger partial charge in [0.05, 0.1) is 6.20 Å². The van der Waals surface area contributed by atoms with E-state index in [1.165, 1.54) is 12.3 Å². The molecule has 6 nitrogen and oxygen atoms in total. The summed E-state index contributed by atoms with van der Waals surface area (Å²) in [4.78, 5) is 0. The molecule has 1 rings (SSSR count). The molecule has 1 aromatic rings. The summed E-state index contributed by atoms with van der Waals surface area (Å²) in [5, 5.41) is 6.03. The molecule has 4 N–H and O–H groups in total. The number of aromatic nitrogens is 2. The van der Waals surface area contributed by atoms with Crippen LogP contribution in [0.3, 0.4) is 0 Å². The van der Waals surface area contributed by atoms with Crippen LogP contribution in [0.4, 0.5) is 0 Å². The molecule has 1 heterocycles. The molecule has 0 aliphatic carbocycles. The van der Waals surface area contributed by atoms with Crippen LogP contribution in [0.25, 0.3) is 0 Å². The van der Waals surface area contributed by atoms with Gasteiger partial charge in [0.25, 0.3) is 10.0 Å². The lowest BCUT2D eigenvalue weighted by Crippen LogP contribution is -2.37. The molecular weight excluding hydrogens is 216 g/mol. The molecule has 0 amide bonds. The molecule has 0 saturated heterocycles. The Kier molecular flexibility index (Phi) is 4.25. The number of nitrogens with two attached hydrogens (primary N) is 1. The summed E-state index contributed by atoms with van der Waals surface area (Å²) < 4.78 is 25.6. The molecule has 1 aromatic heterocycles. The fraction of sp³-hybridized carbons (Fsp3) is 0.625. The second kappa shape index (κ2) is 5.24. The fourth-order valence-corrected chi connectivity index (χ4v) is 2.16. The van der Waals surface area contributed by atoms with Crippen molar-refractivity contribution in [2.24, 2.45) is 5.73 Å². The normalized spacial score (nSPS) is 14.0. The fourth-order valence-electron chi connectivity index (χ4n) is 1.16. The van der Waals surface area contributed by atoms with Gasteiger partial charge in [0, 0.05) is 12.6 Å². The van der Waals surface area contributed by atoms with E-state index < -0.39 is 10.0 Å². The third-order valence-corrected chi connectivity index (χ3v) is 3.31. The number of hydrogen-bond donors (Lipinski definition) is 3. The van der Waals surface area contributed by atoms with Crippen molar-refractivity contribution in [2.45, 2.75) is 30.8 Å². The molecule has 0 bridgehead atoms. The second-order valence-corrected chi connectivity index (χ2v) is 5.06. The van der Waals surface area contributed by atoms with E-state index in [1.807, 2.05) is 6.92 Å². The Bertz CT molecular complexity index is 373. The topological polar surface area (TPSA) is 101 Å². The predicted octanol–water partition coefficient (Wildman–Crippen LogP) is -0.185. The molecule has 0 saturated carbocycles. The van der Waals surface area contributed by atoms with Crippen LogP contribution < -0.4 is 10.5 Å². The average Bonchev–Trinajstić information content (AvgIpc) is 2.69. The summed E-state index contributed by atoms with van der Waals surface area (Å²) >= 11 is 0. The van der Waals surface area contributed by atoms with Crippen LogP contribution >= 0.6 is 0 Å². The standard InChI is InChI=1S/C8H16N4O2S/c1-2-3-7(9)6-11-15(13,14)8-4-5-10-12-8/h4-5,7,11H,2-3,6,9H2,1H3,(H,10,12). The van der Waals surface area contributed by atoms with Gasteiger partial charge in [-0.1, -0.05) is 13.3 Å². The largest absolute Gasteiger partial charge is 0.327 e. The van der Waals surface area contributed by atoms with Gasteiger partial charge in [0.15, 0.2) is 5.03 Å². The van der Waals surface area contributed by atoms with Crippen molar-refractivity contribution in [1.29, 1.82) is 0 Å². The number of nitrogens with one attached hydrogen (secondary N) is 2. The minimum Gasteiger partial charge on any atom is -0.327 e. The Morgan fingerprint density at radius 1 is 1.67 bits per heavy atom. The molecule has 1 atom stereocenters. The molecule has 7 heteroatoms. The van der Waals surface area contributed by atoms with Crippen molar-refractivity contribution in [3.63, 3.8) is 0 Å². The zero-order valence-electron chi connectivity index (χ0n) is 8.60. The monoisotopic (exact) mass is 232 g/mol. The lowest BCUT2D eigenvalue weighted by atomic mass is 10.2. The Labute approximate surface area is 89.3 Å². The van der Waals surface area contributed by atoms with Crippen LogP contribution in [-0.4, -0.2) is 31.2 Å². The molecule has 86 valence electrons. The van der Waals surface area contributed by atoms with E-state index >= 15 is 0 Å². The van der Waals surface area contributed by atoms with Gasteiger partial charge in [0.1, 0.15) is 0 Å². The molecule has 15 heavy (non-hydrogen) atoms. The highest BCUT2D eigenvalue weighted by Gasteiger charge is 2.15. The van der Waals surface area contributed by atoms with Crippen molar-refractivity contribution >= 4 is 10.0 Å². The SMILES string of the molecule is CCCC(N)CNS(=O)(=O)c1ccn[nH]1. The molecular formula is C8H16N4O2S. The summed E-state index contributed by atoms with van der Waals surface area (Å²) in [6.07, 6.45) is 3.12.